The Morgan fingerprint density at radius 1 is 1.67 bits per heavy atom. The van der Waals surface area contributed by atoms with Crippen molar-refractivity contribution in [1.29, 1.82) is 0 Å². The van der Waals surface area contributed by atoms with Crippen LogP contribution in [0.1, 0.15) is 0 Å². The van der Waals surface area contributed by atoms with Gasteiger partial charge in [0.15, 0.2) is 6.10 Å². The second kappa shape index (κ2) is 3.40. The van der Waals surface area contributed by atoms with Crippen LogP contribution < -0.4 is 0 Å². The largest absolute Gasteiger partial charge is 0.457 e. The van der Waals surface area contributed by atoms with Crippen LogP contribution in [0.2, 0.25) is 0 Å². The summed E-state index contributed by atoms with van der Waals surface area (Å²) in [6, 6.07) is 0. The lowest BCUT2D eigenvalue weighted by atomic mass is 10.1. The van der Waals surface area contributed by atoms with Crippen LogP contribution in [-0.2, 0) is 9.53 Å². The second-order valence-corrected chi connectivity index (χ2v) is 2.32. The summed E-state index contributed by atoms with van der Waals surface area (Å²) in [4.78, 5) is 13.0. The van der Waals surface area contributed by atoms with Gasteiger partial charge in [0.2, 0.25) is 0 Å². The highest BCUT2D eigenvalue weighted by Gasteiger charge is 2.41. The minimum atomic E-state index is -1.52. The number of ether oxygens (including phenoxy) is 1. The Labute approximate surface area is 67.2 Å². The van der Waals surface area contributed by atoms with Gasteiger partial charge in [0.05, 0.1) is 6.54 Å². The first-order valence-electron chi connectivity index (χ1n) is 3.24. The minimum absolute atomic E-state index is 0.166. The standard InChI is InChI=1S/C5H7N3O4/c6-8-7-1-2-3(9)4(10)5(11)12-2/h2-4,9-10H,1H2/t2-,3+,4-/m1/s1. The minimum Gasteiger partial charge on any atom is -0.457 e. The van der Waals surface area contributed by atoms with Crippen LogP contribution in [0.5, 0.6) is 0 Å². The van der Waals surface area contributed by atoms with E-state index in [1.807, 2.05) is 0 Å². The number of azide groups is 1. The molecule has 1 saturated heterocycles. The van der Waals surface area contributed by atoms with Crippen molar-refractivity contribution in [3.63, 3.8) is 0 Å². The zero-order valence-electron chi connectivity index (χ0n) is 5.99. The molecular weight excluding hydrogens is 166 g/mol. The first-order valence-corrected chi connectivity index (χ1v) is 3.24. The Hall–Kier alpha value is -1.30. The molecule has 7 nitrogen and oxygen atoms in total. The highest BCUT2D eigenvalue weighted by molar-refractivity contribution is 5.77. The van der Waals surface area contributed by atoms with Crippen molar-refractivity contribution < 1.29 is 19.7 Å². The lowest BCUT2D eigenvalue weighted by Gasteiger charge is -2.08. The fourth-order valence-electron chi connectivity index (χ4n) is 0.894. The molecule has 0 aromatic heterocycles. The van der Waals surface area contributed by atoms with E-state index < -0.39 is 24.3 Å². The average Bonchev–Trinajstić information content (AvgIpc) is 2.30. The molecule has 1 aliphatic rings. The Kier molecular flexibility index (Phi) is 2.49. The van der Waals surface area contributed by atoms with Gasteiger partial charge in [-0.15, -0.1) is 0 Å². The van der Waals surface area contributed by atoms with E-state index in [2.05, 4.69) is 14.8 Å². The van der Waals surface area contributed by atoms with E-state index in [1.165, 1.54) is 0 Å². The van der Waals surface area contributed by atoms with Gasteiger partial charge in [0.25, 0.3) is 0 Å². The smallest absolute Gasteiger partial charge is 0.338 e. The van der Waals surface area contributed by atoms with Gasteiger partial charge in [-0.3, -0.25) is 0 Å². The number of nitrogens with zero attached hydrogens (tertiary/aromatic N) is 3. The molecule has 0 aliphatic carbocycles. The molecule has 1 rings (SSSR count). The third-order valence-corrected chi connectivity index (χ3v) is 1.54. The van der Waals surface area contributed by atoms with Crippen LogP contribution >= 0.6 is 0 Å². The van der Waals surface area contributed by atoms with E-state index in [0.717, 1.165) is 0 Å². The van der Waals surface area contributed by atoms with Gasteiger partial charge in [-0.1, -0.05) is 5.11 Å². The molecule has 0 amide bonds. The predicted molar refractivity (Wildman–Crippen MR) is 35.9 cm³/mol. The Morgan fingerprint density at radius 2 is 2.33 bits per heavy atom. The number of carbonyl (C=O) groups is 1. The van der Waals surface area contributed by atoms with Crippen molar-refractivity contribution in [2.24, 2.45) is 5.11 Å². The normalized spacial score (nSPS) is 34.2. The summed E-state index contributed by atoms with van der Waals surface area (Å²) in [5.74, 6) is -0.888. The highest BCUT2D eigenvalue weighted by atomic mass is 16.6. The summed E-state index contributed by atoms with van der Waals surface area (Å²) in [6.07, 6.45) is -3.75. The van der Waals surface area contributed by atoms with Crippen LogP contribution in [0.3, 0.4) is 0 Å². The molecule has 1 aliphatic heterocycles. The SMILES string of the molecule is [N-]=[N+]=NC[C@H]1OC(=O)[C@H](O)[C@H]1O. The van der Waals surface area contributed by atoms with Crippen molar-refractivity contribution in [3.8, 4) is 0 Å². The average molecular weight is 173 g/mol. The lowest BCUT2D eigenvalue weighted by molar-refractivity contribution is -0.147. The molecule has 0 aromatic rings. The molecule has 12 heavy (non-hydrogen) atoms. The monoisotopic (exact) mass is 173 g/mol. The van der Waals surface area contributed by atoms with Crippen molar-refractivity contribution in [1.82, 2.24) is 0 Å². The van der Waals surface area contributed by atoms with E-state index in [0.29, 0.717) is 0 Å². The Morgan fingerprint density at radius 3 is 2.75 bits per heavy atom. The van der Waals surface area contributed by atoms with Crippen LogP contribution in [0, 0.1) is 0 Å². The van der Waals surface area contributed by atoms with Gasteiger partial charge < -0.3 is 14.9 Å². The van der Waals surface area contributed by atoms with Crippen molar-refractivity contribution in [2.75, 3.05) is 6.54 Å². The Balaban J connectivity index is 2.58. The zero-order valence-corrected chi connectivity index (χ0v) is 5.99. The number of hydrogen-bond acceptors (Lipinski definition) is 5. The van der Waals surface area contributed by atoms with Gasteiger partial charge in [0, 0.05) is 4.91 Å². The molecule has 1 heterocycles. The molecule has 1 fully saturated rings. The van der Waals surface area contributed by atoms with E-state index in [1.54, 1.807) is 0 Å². The van der Waals surface area contributed by atoms with Crippen molar-refractivity contribution >= 4 is 5.97 Å². The second-order valence-electron chi connectivity index (χ2n) is 2.32. The lowest BCUT2D eigenvalue weighted by Crippen LogP contribution is -2.32. The van der Waals surface area contributed by atoms with Gasteiger partial charge >= 0.3 is 5.97 Å². The summed E-state index contributed by atoms with van der Waals surface area (Å²) >= 11 is 0. The van der Waals surface area contributed by atoms with Crippen LogP contribution in [-0.4, -0.2) is 41.0 Å². The topological polar surface area (TPSA) is 116 Å². The molecule has 66 valence electrons. The van der Waals surface area contributed by atoms with Gasteiger partial charge in [0.1, 0.15) is 12.2 Å². The Bertz CT molecular complexity index is 235. The van der Waals surface area contributed by atoms with Crippen molar-refractivity contribution in [3.05, 3.63) is 10.4 Å². The third-order valence-electron chi connectivity index (χ3n) is 1.54. The molecule has 2 N–H and O–H groups in total. The van der Waals surface area contributed by atoms with Gasteiger partial charge in [-0.05, 0) is 5.53 Å². The zero-order chi connectivity index (χ0) is 9.14. The molecular formula is C5H7N3O4. The number of aliphatic hydroxyl groups excluding tert-OH is 2. The molecule has 0 bridgehead atoms. The van der Waals surface area contributed by atoms with E-state index in [9.17, 15) is 4.79 Å². The molecule has 0 radical (unpaired) electrons. The van der Waals surface area contributed by atoms with Gasteiger partial charge in [-0.2, -0.15) is 0 Å². The predicted octanol–water partition coefficient (Wildman–Crippen LogP) is -1.06. The third kappa shape index (κ3) is 1.48. The number of cyclic esters (lactones) is 1. The van der Waals surface area contributed by atoms with E-state index >= 15 is 0 Å². The molecule has 0 spiro atoms. The number of hydrogen-bond donors (Lipinski definition) is 2. The van der Waals surface area contributed by atoms with Crippen LogP contribution in [0.4, 0.5) is 0 Å². The summed E-state index contributed by atoms with van der Waals surface area (Å²) in [5.41, 5.74) is 7.92. The number of rotatable bonds is 2. The maximum absolute atomic E-state index is 10.6. The first kappa shape index (κ1) is 8.79. The van der Waals surface area contributed by atoms with E-state index in [4.69, 9.17) is 15.7 Å². The summed E-state index contributed by atoms with van der Waals surface area (Å²) in [7, 11) is 0. The number of aliphatic hydroxyl groups is 2. The maximum Gasteiger partial charge on any atom is 0.338 e. The van der Waals surface area contributed by atoms with Crippen molar-refractivity contribution in [2.45, 2.75) is 18.3 Å². The molecule has 7 heteroatoms. The number of esters is 1. The molecule has 0 saturated carbocycles. The van der Waals surface area contributed by atoms with Gasteiger partial charge in [-0.25, -0.2) is 4.79 Å². The van der Waals surface area contributed by atoms with E-state index in [-0.39, 0.29) is 6.54 Å². The summed E-state index contributed by atoms with van der Waals surface area (Å²) in [6.45, 7) is -0.166. The summed E-state index contributed by atoms with van der Waals surface area (Å²) < 4.78 is 4.48. The van der Waals surface area contributed by atoms with Crippen LogP contribution in [0.25, 0.3) is 10.4 Å². The van der Waals surface area contributed by atoms with Crippen LogP contribution in [0.15, 0.2) is 5.11 Å². The quantitative estimate of drug-likeness (QED) is 0.239. The first-order chi connectivity index (χ1) is 5.66. The fraction of sp³-hybridized carbons (Fsp3) is 0.800. The molecule has 0 aromatic carbocycles. The molecule has 3 atom stereocenters. The maximum atomic E-state index is 10.6. The fourth-order valence-corrected chi connectivity index (χ4v) is 0.894. The highest BCUT2D eigenvalue weighted by Crippen LogP contribution is 2.15. The summed E-state index contributed by atoms with van der Waals surface area (Å²) in [5, 5.41) is 21.1. The number of carbonyl (C=O) groups excluding carboxylic acids is 1. The molecule has 0 unspecified atom stereocenters.